The van der Waals surface area contributed by atoms with Crippen LogP contribution in [0.5, 0.6) is 11.5 Å². The van der Waals surface area contributed by atoms with Crippen molar-refractivity contribution in [2.24, 2.45) is 0 Å². The molecule has 36 heavy (non-hydrogen) atoms. The molecule has 0 bridgehead atoms. The van der Waals surface area contributed by atoms with Gasteiger partial charge in [-0.2, -0.15) is 0 Å². The quantitative estimate of drug-likeness (QED) is 0.239. The summed E-state index contributed by atoms with van der Waals surface area (Å²) in [4.78, 5) is 16.4. The van der Waals surface area contributed by atoms with Crippen LogP contribution in [0.4, 0.5) is 18.9 Å². The minimum absolute atomic E-state index is 0.0268. The van der Waals surface area contributed by atoms with Crippen molar-refractivity contribution in [3.05, 3.63) is 88.9 Å². The fourth-order valence-electron chi connectivity index (χ4n) is 3.96. The minimum Gasteiger partial charge on any atom is -0.497 e. The van der Waals surface area contributed by atoms with Crippen molar-refractivity contribution in [2.75, 3.05) is 25.6 Å². The molecule has 0 aliphatic heterocycles. The van der Waals surface area contributed by atoms with Crippen LogP contribution in [0, 0.1) is 17.5 Å². The minimum atomic E-state index is -1.17. The summed E-state index contributed by atoms with van der Waals surface area (Å²) in [5.74, 6) is -2.58. The maximum Gasteiger partial charge on any atom is 0.191 e. The summed E-state index contributed by atoms with van der Waals surface area (Å²) in [5.41, 5.74) is 0.721. The number of halogens is 3. The number of hydrogen-bond donors (Lipinski definition) is 4. The van der Waals surface area contributed by atoms with Crippen LogP contribution < -0.4 is 14.8 Å². The Kier molecular flexibility index (Phi) is 7.47. The van der Waals surface area contributed by atoms with E-state index in [1.807, 2.05) is 0 Å². The van der Waals surface area contributed by atoms with Crippen LogP contribution in [0.25, 0.3) is 10.9 Å². The van der Waals surface area contributed by atoms with Crippen molar-refractivity contribution < 1.29 is 37.7 Å². The number of anilines is 1. The number of ketones is 1. The lowest BCUT2D eigenvalue weighted by Gasteiger charge is -2.22. The molecule has 7 nitrogen and oxygen atoms in total. The first-order valence-corrected chi connectivity index (χ1v) is 10.9. The van der Waals surface area contributed by atoms with Crippen LogP contribution in [0.2, 0.25) is 0 Å². The fraction of sp³-hybridized carbons (Fsp3) is 0.192. The van der Waals surface area contributed by atoms with E-state index in [-0.39, 0.29) is 40.8 Å². The van der Waals surface area contributed by atoms with Gasteiger partial charge in [-0.1, -0.05) is 6.07 Å². The van der Waals surface area contributed by atoms with Gasteiger partial charge in [0.05, 0.1) is 25.8 Å². The molecule has 0 spiro atoms. The molecule has 0 aliphatic rings. The van der Waals surface area contributed by atoms with E-state index in [9.17, 15) is 23.1 Å². The Morgan fingerprint density at radius 3 is 2.56 bits per heavy atom. The van der Waals surface area contributed by atoms with E-state index >= 15 is 0 Å². The lowest BCUT2D eigenvalue weighted by atomic mass is 9.93. The number of hydrogen-bond acceptors (Lipinski definition) is 6. The molecule has 1 unspecified atom stereocenters. The Morgan fingerprint density at radius 1 is 1.06 bits per heavy atom. The molecule has 4 N–H and O–H groups in total. The highest BCUT2D eigenvalue weighted by Gasteiger charge is 2.28. The average molecular weight is 500 g/mol. The van der Waals surface area contributed by atoms with Crippen molar-refractivity contribution in [1.29, 1.82) is 0 Å². The Labute approximate surface area is 204 Å². The number of aromatic amines is 1. The van der Waals surface area contributed by atoms with Crippen molar-refractivity contribution in [1.82, 2.24) is 4.98 Å². The fourth-order valence-corrected chi connectivity index (χ4v) is 3.96. The monoisotopic (exact) mass is 500 g/mol. The first-order valence-electron chi connectivity index (χ1n) is 10.9. The van der Waals surface area contributed by atoms with E-state index in [1.54, 1.807) is 18.2 Å². The Morgan fingerprint density at radius 2 is 1.83 bits per heavy atom. The molecule has 188 valence electrons. The first kappa shape index (κ1) is 25.1. The highest BCUT2D eigenvalue weighted by Crippen LogP contribution is 2.34. The van der Waals surface area contributed by atoms with Crippen molar-refractivity contribution in [3.63, 3.8) is 0 Å². The molecule has 0 aliphatic carbocycles. The Balaban J connectivity index is 1.82. The lowest BCUT2D eigenvalue weighted by Crippen LogP contribution is -2.23. The van der Waals surface area contributed by atoms with Gasteiger partial charge in [0.25, 0.3) is 0 Å². The molecule has 0 saturated heterocycles. The highest BCUT2D eigenvalue weighted by atomic mass is 19.2. The number of ether oxygens (including phenoxy) is 2. The zero-order valence-corrected chi connectivity index (χ0v) is 19.1. The second-order valence-electron chi connectivity index (χ2n) is 7.90. The predicted molar refractivity (Wildman–Crippen MR) is 127 cm³/mol. The van der Waals surface area contributed by atoms with E-state index in [1.165, 1.54) is 25.4 Å². The number of carbonyl (C=O) groups excluding carboxylic acids is 1. The highest BCUT2D eigenvalue weighted by molar-refractivity contribution is 6.11. The van der Waals surface area contributed by atoms with E-state index in [4.69, 9.17) is 14.6 Å². The summed E-state index contributed by atoms with van der Waals surface area (Å²) < 4.78 is 52.7. The zero-order valence-electron chi connectivity index (χ0n) is 19.1. The molecule has 4 rings (SSSR count). The van der Waals surface area contributed by atoms with Crippen LogP contribution in [-0.2, 0) is 6.61 Å². The van der Waals surface area contributed by atoms with E-state index in [2.05, 4.69) is 10.3 Å². The van der Waals surface area contributed by atoms with Gasteiger partial charge in [0.15, 0.2) is 17.4 Å². The number of rotatable bonds is 10. The normalized spacial score (nSPS) is 11.9. The van der Waals surface area contributed by atoms with Crippen LogP contribution >= 0.6 is 0 Å². The van der Waals surface area contributed by atoms with Crippen LogP contribution in [-0.4, -0.2) is 41.3 Å². The number of Topliss-reactive ketones (excluding diaryl/α,β-unsaturated/α-hetero) is 1. The van der Waals surface area contributed by atoms with E-state index in [0.29, 0.717) is 17.2 Å². The number of nitrogens with one attached hydrogen (secondary N) is 2. The van der Waals surface area contributed by atoms with Crippen molar-refractivity contribution >= 4 is 22.4 Å². The van der Waals surface area contributed by atoms with Gasteiger partial charge in [-0.05, 0) is 35.4 Å². The summed E-state index contributed by atoms with van der Waals surface area (Å²) in [5, 5.41) is 22.2. The molecular formula is C26H23F3N2O5. The third kappa shape index (κ3) is 5.00. The van der Waals surface area contributed by atoms with Gasteiger partial charge in [0, 0.05) is 41.0 Å². The number of H-pyrrole nitrogens is 1. The molecule has 0 saturated carbocycles. The molecule has 0 amide bonds. The average Bonchev–Trinajstić information content (AvgIpc) is 3.32. The van der Waals surface area contributed by atoms with Crippen LogP contribution in [0.3, 0.4) is 0 Å². The standard InChI is InChI=1S/C26H23F3N2O5/c1-35-17-9-16(10-18(11-17)36-7-6-32)31-25(19-3-2-15(27)8-14(19)13-33)26(34)21-12-30-24-20(21)4-5-22(28)23(24)29/h2-5,8-12,25,30-33H,6-7,13H2,1H3. The molecule has 4 aromatic rings. The summed E-state index contributed by atoms with van der Waals surface area (Å²) in [7, 11) is 1.45. The Hall–Kier alpha value is -4.02. The summed E-state index contributed by atoms with van der Waals surface area (Å²) in [6, 6.07) is 9.44. The van der Waals surface area contributed by atoms with Gasteiger partial charge >= 0.3 is 0 Å². The molecular weight excluding hydrogens is 477 g/mol. The maximum absolute atomic E-state index is 14.3. The number of aliphatic hydroxyl groups excluding tert-OH is 2. The lowest BCUT2D eigenvalue weighted by molar-refractivity contribution is 0.0970. The largest absolute Gasteiger partial charge is 0.497 e. The second kappa shape index (κ2) is 10.7. The van der Waals surface area contributed by atoms with E-state index < -0.39 is 35.9 Å². The second-order valence-corrected chi connectivity index (χ2v) is 7.90. The summed E-state index contributed by atoms with van der Waals surface area (Å²) in [6.07, 6.45) is 1.27. The molecule has 1 heterocycles. The summed E-state index contributed by atoms with van der Waals surface area (Å²) in [6.45, 7) is -0.734. The van der Waals surface area contributed by atoms with Gasteiger partial charge in [0.1, 0.15) is 30.0 Å². The van der Waals surface area contributed by atoms with Gasteiger partial charge in [0.2, 0.25) is 0 Å². The van der Waals surface area contributed by atoms with Gasteiger partial charge in [-0.3, -0.25) is 4.79 Å². The summed E-state index contributed by atoms with van der Waals surface area (Å²) >= 11 is 0. The van der Waals surface area contributed by atoms with E-state index in [0.717, 1.165) is 18.2 Å². The molecule has 0 fully saturated rings. The van der Waals surface area contributed by atoms with Gasteiger partial charge in [-0.25, -0.2) is 13.2 Å². The van der Waals surface area contributed by atoms with Crippen LogP contribution in [0.1, 0.15) is 27.5 Å². The number of methoxy groups -OCH3 is 1. The first-order chi connectivity index (χ1) is 17.4. The Bertz CT molecular complexity index is 1410. The SMILES string of the molecule is COc1cc(NC(C(=O)c2c[nH]c3c(F)c(F)ccc23)c2ccc(F)cc2CO)cc(OCCO)c1. The zero-order chi connectivity index (χ0) is 25.8. The van der Waals surface area contributed by atoms with Crippen LogP contribution in [0.15, 0.2) is 54.7 Å². The third-order valence-electron chi connectivity index (χ3n) is 5.65. The third-order valence-corrected chi connectivity index (χ3v) is 5.65. The smallest absolute Gasteiger partial charge is 0.191 e. The van der Waals surface area contributed by atoms with Gasteiger partial charge < -0.3 is 30.0 Å². The number of aliphatic hydroxyl groups is 2. The number of aromatic nitrogens is 1. The predicted octanol–water partition coefficient (Wildman–Crippen LogP) is 4.49. The topological polar surface area (TPSA) is 104 Å². The number of fused-ring (bicyclic) bond motifs is 1. The molecule has 10 heteroatoms. The van der Waals surface area contributed by atoms with Gasteiger partial charge in [-0.15, -0.1) is 0 Å². The molecule has 3 aromatic carbocycles. The van der Waals surface area contributed by atoms with Crippen molar-refractivity contribution in [2.45, 2.75) is 12.6 Å². The number of benzene rings is 3. The van der Waals surface area contributed by atoms with Crippen molar-refractivity contribution in [3.8, 4) is 11.5 Å². The number of carbonyl (C=O) groups is 1. The molecule has 0 radical (unpaired) electrons. The molecule has 1 aromatic heterocycles. The molecule has 1 atom stereocenters. The maximum atomic E-state index is 14.3.